The summed E-state index contributed by atoms with van der Waals surface area (Å²) in [5.41, 5.74) is 0.594. The molecule has 0 fully saturated rings. The minimum Gasteiger partial charge on any atom is -0.444 e. The molecule has 6 heteroatoms. The number of amides is 2. The summed E-state index contributed by atoms with van der Waals surface area (Å²) in [5.74, 6) is 0.235. The van der Waals surface area contributed by atoms with E-state index in [1.807, 2.05) is 6.92 Å². The summed E-state index contributed by atoms with van der Waals surface area (Å²) in [6.07, 6.45) is 0. The Balaban J connectivity index is 2.48. The number of hydrogen-bond acceptors (Lipinski definition) is 4. The van der Waals surface area contributed by atoms with E-state index in [0.29, 0.717) is 30.4 Å². The number of carbonyl (C=O) groups excluding carboxylic acids is 2. The zero-order chi connectivity index (χ0) is 11.7. The van der Waals surface area contributed by atoms with Crippen molar-refractivity contribution in [2.24, 2.45) is 0 Å². The van der Waals surface area contributed by atoms with Gasteiger partial charge in [0.2, 0.25) is 5.88 Å². The average molecular weight is 223 g/mol. The van der Waals surface area contributed by atoms with Gasteiger partial charge in [0.05, 0.1) is 12.2 Å². The van der Waals surface area contributed by atoms with Crippen LogP contribution in [0.3, 0.4) is 0 Å². The van der Waals surface area contributed by atoms with Gasteiger partial charge >= 0.3 is 0 Å². The first-order valence-electron chi connectivity index (χ1n) is 5.08. The topological polar surface area (TPSA) is 83.4 Å². The van der Waals surface area contributed by atoms with Crippen LogP contribution < -0.4 is 16.0 Å². The molecule has 0 atom stereocenters. The van der Waals surface area contributed by atoms with E-state index in [4.69, 9.17) is 4.42 Å². The third kappa shape index (κ3) is 1.52. The molecular weight excluding hydrogens is 210 g/mol. The summed E-state index contributed by atoms with van der Waals surface area (Å²) in [5, 5.41) is 8.12. The number of hydrogen-bond donors (Lipinski definition) is 3. The smallest absolute Gasteiger partial charge is 0.259 e. The standard InChI is InChI=1S/C10H13N3O3/c1-3-11-8(14)6-5(2)16-10-7(6)9(15)12-4-13-10/h13H,3-4H2,1-2H3,(H,11,14)(H,12,15). The van der Waals surface area contributed by atoms with E-state index in [1.165, 1.54) is 0 Å². The second-order valence-electron chi connectivity index (χ2n) is 3.46. The van der Waals surface area contributed by atoms with E-state index in [0.717, 1.165) is 0 Å². The third-order valence-corrected chi connectivity index (χ3v) is 2.37. The summed E-state index contributed by atoms with van der Waals surface area (Å²) < 4.78 is 5.34. The van der Waals surface area contributed by atoms with Gasteiger partial charge < -0.3 is 20.4 Å². The Morgan fingerprint density at radius 2 is 2.25 bits per heavy atom. The molecule has 0 saturated carbocycles. The largest absolute Gasteiger partial charge is 0.444 e. The number of aryl methyl sites for hydroxylation is 1. The zero-order valence-corrected chi connectivity index (χ0v) is 9.14. The zero-order valence-electron chi connectivity index (χ0n) is 9.14. The normalized spacial score (nSPS) is 13.8. The van der Waals surface area contributed by atoms with Crippen molar-refractivity contribution in [3.05, 3.63) is 16.9 Å². The van der Waals surface area contributed by atoms with Crippen LogP contribution in [0, 0.1) is 6.92 Å². The van der Waals surface area contributed by atoms with Gasteiger partial charge in [-0.2, -0.15) is 0 Å². The van der Waals surface area contributed by atoms with Gasteiger partial charge in [0, 0.05) is 6.54 Å². The van der Waals surface area contributed by atoms with Crippen molar-refractivity contribution in [2.45, 2.75) is 13.8 Å². The first-order valence-corrected chi connectivity index (χ1v) is 5.08. The molecule has 0 aliphatic carbocycles. The van der Waals surface area contributed by atoms with Crippen molar-refractivity contribution in [3.63, 3.8) is 0 Å². The van der Waals surface area contributed by atoms with Crippen molar-refractivity contribution >= 4 is 17.7 Å². The highest BCUT2D eigenvalue weighted by atomic mass is 16.4. The Bertz CT molecular complexity index is 450. The number of anilines is 1. The van der Waals surface area contributed by atoms with E-state index in [-0.39, 0.29) is 17.4 Å². The van der Waals surface area contributed by atoms with E-state index in [2.05, 4.69) is 16.0 Å². The maximum atomic E-state index is 11.8. The van der Waals surface area contributed by atoms with Gasteiger partial charge in [-0.3, -0.25) is 9.59 Å². The average Bonchev–Trinajstić information content (AvgIpc) is 2.56. The molecule has 16 heavy (non-hydrogen) atoms. The Morgan fingerprint density at radius 1 is 1.50 bits per heavy atom. The van der Waals surface area contributed by atoms with Crippen LogP contribution in [0.15, 0.2) is 4.42 Å². The molecule has 0 saturated heterocycles. The number of fused-ring (bicyclic) bond motifs is 1. The van der Waals surface area contributed by atoms with Gasteiger partial charge in [-0.1, -0.05) is 0 Å². The molecule has 1 aliphatic heterocycles. The fourth-order valence-corrected chi connectivity index (χ4v) is 1.70. The summed E-state index contributed by atoms with van der Waals surface area (Å²) in [6, 6.07) is 0. The maximum absolute atomic E-state index is 11.8. The van der Waals surface area contributed by atoms with Gasteiger partial charge in [0.15, 0.2) is 0 Å². The SMILES string of the molecule is CCNC(=O)c1c(C)oc2c1C(=O)NCN2. The molecule has 2 rings (SSSR count). The quantitative estimate of drug-likeness (QED) is 0.679. The van der Waals surface area contributed by atoms with E-state index >= 15 is 0 Å². The molecule has 0 unspecified atom stereocenters. The summed E-state index contributed by atoms with van der Waals surface area (Å²) in [7, 11) is 0. The van der Waals surface area contributed by atoms with E-state index in [9.17, 15) is 9.59 Å². The minimum atomic E-state index is -0.288. The Morgan fingerprint density at radius 3 is 2.94 bits per heavy atom. The Hall–Kier alpha value is -1.98. The van der Waals surface area contributed by atoms with Crippen LogP contribution in [-0.4, -0.2) is 25.0 Å². The van der Waals surface area contributed by atoms with Crippen LogP contribution in [0.5, 0.6) is 0 Å². The van der Waals surface area contributed by atoms with Crippen LogP contribution in [-0.2, 0) is 0 Å². The molecule has 2 amide bonds. The fourth-order valence-electron chi connectivity index (χ4n) is 1.70. The summed E-state index contributed by atoms with van der Waals surface area (Å²) in [6.45, 7) is 4.30. The molecule has 0 spiro atoms. The van der Waals surface area contributed by atoms with Crippen molar-refractivity contribution in [1.82, 2.24) is 10.6 Å². The van der Waals surface area contributed by atoms with Gasteiger partial charge in [0.1, 0.15) is 11.3 Å². The predicted molar refractivity (Wildman–Crippen MR) is 57.4 cm³/mol. The fraction of sp³-hybridized carbons (Fsp3) is 0.400. The molecule has 2 heterocycles. The Labute approximate surface area is 92.4 Å². The van der Waals surface area contributed by atoms with Crippen LogP contribution in [0.2, 0.25) is 0 Å². The maximum Gasteiger partial charge on any atom is 0.259 e. The number of furan rings is 1. The molecule has 86 valence electrons. The molecule has 0 bridgehead atoms. The lowest BCUT2D eigenvalue weighted by Gasteiger charge is -2.13. The highest BCUT2D eigenvalue weighted by Gasteiger charge is 2.30. The summed E-state index contributed by atoms with van der Waals surface area (Å²) in [4.78, 5) is 23.4. The lowest BCUT2D eigenvalue weighted by Crippen LogP contribution is -2.36. The van der Waals surface area contributed by atoms with E-state index in [1.54, 1.807) is 6.92 Å². The van der Waals surface area contributed by atoms with Gasteiger partial charge in [-0.05, 0) is 13.8 Å². The van der Waals surface area contributed by atoms with Gasteiger partial charge in [-0.15, -0.1) is 0 Å². The first kappa shape index (κ1) is 10.5. The monoisotopic (exact) mass is 223 g/mol. The molecule has 3 N–H and O–H groups in total. The number of rotatable bonds is 2. The van der Waals surface area contributed by atoms with Crippen molar-refractivity contribution in [2.75, 3.05) is 18.5 Å². The number of nitrogens with one attached hydrogen (secondary N) is 3. The van der Waals surface area contributed by atoms with Crippen molar-refractivity contribution in [1.29, 1.82) is 0 Å². The molecule has 1 aromatic heterocycles. The molecular formula is C10H13N3O3. The Kier molecular flexibility index (Phi) is 2.55. The van der Waals surface area contributed by atoms with Crippen LogP contribution in [0.4, 0.5) is 5.88 Å². The molecule has 1 aliphatic rings. The lowest BCUT2D eigenvalue weighted by atomic mass is 10.1. The molecule has 0 aromatic carbocycles. The highest BCUT2D eigenvalue weighted by Crippen LogP contribution is 2.28. The van der Waals surface area contributed by atoms with Crippen molar-refractivity contribution < 1.29 is 14.0 Å². The van der Waals surface area contributed by atoms with Crippen LogP contribution in [0.25, 0.3) is 0 Å². The predicted octanol–water partition coefficient (Wildman–Crippen LogP) is 0.451. The van der Waals surface area contributed by atoms with Crippen LogP contribution in [0.1, 0.15) is 33.4 Å². The van der Waals surface area contributed by atoms with Gasteiger partial charge in [0.25, 0.3) is 11.8 Å². The molecule has 1 aromatic rings. The summed E-state index contributed by atoms with van der Waals surface area (Å²) >= 11 is 0. The first-order chi connectivity index (χ1) is 7.65. The molecule has 6 nitrogen and oxygen atoms in total. The second-order valence-corrected chi connectivity index (χ2v) is 3.46. The van der Waals surface area contributed by atoms with Crippen LogP contribution >= 0.6 is 0 Å². The molecule has 0 radical (unpaired) electrons. The third-order valence-electron chi connectivity index (χ3n) is 2.37. The van der Waals surface area contributed by atoms with Crippen molar-refractivity contribution in [3.8, 4) is 0 Å². The highest BCUT2D eigenvalue weighted by molar-refractivity contribution is 6.11. The lowest BCUT2D eigenvalue weighted by molar-refractivity contribution is 0.0920. The van der Waals surface area contributed by atoms with Gasteiger partial charge in [-0.25, -0.2) is 0 Å². The number of carbonyl (C=O) groups is 2. The minimum absolute atomic E-state index is 0.285. The van der Waals surface area contributed by atoms with E-state index < -0.39 is 0 Å². The second kappa shape index (κ2) is 3.88.